The number of nitrogens with one attached hydrogen (secondary N) is 2. The van der Waals surface area contributed by atoms with E-state index < -0.39 is 11.6 Å². The SMILES string of the molecule is CN1CCNC(c2nc3cc(F)c(F)cc3[nH]2)C1. The lowest BCUT2D eigenvalue weighted by molar-refractivity contribution is 0.236. The summed E-state index contributed by atoms with van der Waals surface area (Å²) in [5, 5.41) is 3.33. The van der Waals surface area contributed by atoms with Gasteiger partial charge in [0.2, 0.25) is 0 Å². The summed E-state index contributed by atoms with van der Waals surface area (Å²) in [5.74, 6) is -0.998. The third kappa shape index (κ3) is 1.97. The van der Waals surface area contributed by atoms with Gasteiger partial charge in [-0.2, -0.15) is 0 Å². The Balaban J connectivity index is 1.97. The van der Waals surface area contributed by atoms with Crippen LogP contribution < -0.4 is 5.32 Å². The number of imidazole rings is 1. The van der Waals surface area contributed by atoms with Crippen molar-refractivity contribution in [2.24, 2.45) is 0 Å². The van der Waals surface area contributed by atoms with E-state index >= 15 is 0 Å². The maximum absolute atomic E-state index is 13.1. The number of rotatable bonds is 1. The van der Waals surface area contributed by atoms with Crippen LogP contribution in [0.5, 0.6) is 0 Å². The highest BCUT2D eigenvalue weighted by Crippen LogP contribution is 2.20. The van der Waals surface area contributed by atoms with Gasteiger partial charge in [-0.3, -0.25) is 0 Å². The Labute approximate surface area is 103 Å². The molecule has 1 atom stereocenters. The van der Waals surface area contributed by atoms with E-state index in [0.29, 0.717) is 11.0 Å². The van der Waals surface area contributed by atoms with Crippen LogP contribution in [0.4, 0.5) is 8.78 Å². The number of hydrogen-bond donors (Lipinski definition) is 2. The third-order valence-corrected chi connectivity index (χ3v) is 3.25. The number of fused-ring (bicyclic) bond motifs is 1. The van der Waals surface area contributed by atoms with Crippen LogP contribution in [0, 0.1) is 11.6 Å². The van der Waals surface area contributed by atoms with E-state index in [4.69, 9.17) is 0 Å². The molecule has 0 radical (unpaired) electrons. The summed E-state index contributed by atoms with van der Waals surface area (Å²) >= 11 is 0. The molecule has 0 spiro atoms. The van der Waals surface area contributed by atoms with Gasteiger partial charge >= 0.3 is 0 Å². The van der Waals surface area contributed by atoms with Crippen LogP contribution in [0.3, 0.4) is 0 Å². The van der Waals surface area contributed by atoms with E-state index in [1.165, 1.54) is 0 Å². The van der Waals surface area contributed by atoms with Crippen molar-refractivity contribution in [1.82, 2.24) is 20.2 Å². The Morgan fingerprint density at radius 2 is 2.11 bits per heavy atom. The highest BCUT2D eigenvalue weighted by Gasteiger charge is 2.21. The number of halogens is 2. The van der Waals surface area contributed by atoms with Crippen LogP contribution in [-0.4, -0.2) is 41.5 Å². The van der Waals surface area contributed by atoms with Crippen molar-refractivity contribution in [2.75, 3.05) is 26.7 Å². The van der Waals surface area contributed by atoms with Crippen LogP contribution in [0.25, 0.3) is 11.0 Å². The molecule has 0 amide bonds. The van der Waals surface area contributed by atoms with Crippen molar-refractivity contribution in [1.29, 1.82) is 0 Å². The summed E-state index contributed by atoms with van der Waals surface area (Å²) in [6, 6.07) is 2.34. The molecule has 1 aromatic carbocycles. The van der Waals surface area contributed by atoms with Crippen LogP contribution in [0.15, 0.2) is 12.1 Å². The van der Waals surface area contributed by atoms with Crippen LogP contribution in [-0.2, 0) is 0 Å². The summed E-state index contributed by atoms with van der Waals surface area (Å²) in [6.45, 7) is 2.69. The standard InChI is InChI=1S/C12H14F2N4/c1-18-3-2-15-11(6-18)12-16-9-4-7(13)8(14)5-10(9)17-12/h4-5,11,15H,2-3,6H2,1H3,(H,16,17). The highest BCUT2D eigenvalue weighted by atomic mass is 19.2. The van der Waals surface area contributed by atoms with Gasteiger partial charge in [0.25, 0.3) is 0 Å². The smallest absolute Gasteiger partial charge is 0.161 e. The quantitative estimate of drug-likeness (QED) is 0.806. The second kappa shape index (κ2) is 4.29. The van der Waals surface area contributed by atoms with E-state index in [1.807, 2.05) is 7.05 Å². The molecule has 2 N–H and O–H groups in total. The fourth-order valence-electron chi connectivity index (χ4n) is 2.27. The fraction of sp³-hybridized carbons (Fsp3) is 0.417. The van der Waals surface area contributed by atoms with Gasteiger partial charge in [-0.25, -0.2) is 13.8 Å². The first-order valence-electron chi connectivity index (χ1n) is 5.90. The molecule has 3 rings (SSSR count). The Morgan fingerprint density at radius 1 is 1.33 bits per heavy atom. The lowest BCUT2D eigenvalue weighted by Gasteiger charge is -2.29. The molecule has 1 aliphatic rings. The van der Waals surface area contributed by atoms with E-state index in [-0.39, 0.29) is 6.04 Å². The minimum Gasteiger partial charge on any atom is -0.341 e. The van der Waals surface area contributed by atoms with E-state index in [9.17, 15) is 8.78 Å². The molecular weight excluding hydrogens is 238 g/mol. The molecular formula is C12H14F2N4. The van der Waals surface area contributed by atoms with Crippen LogP contribution in [0.2, 0.25) is 0 Å². The number of nitrogens with zero attached hydrogens (tertiary/aromatic N) is 2. The predicted molar refractivity (Wildman–Crippen MR) is 64.3 cm³/mol. The second-order valence-corrected chi connectivity index (χ2v) is 4.67. The van der Waals surface area contributed by atoms with Gasteiger partial charge in [0.05, 0.1) is 17.1 Å². The predicted octanol–water partition coefficient (Wildman–Crippen LogP) is 1.42. The summed E-state index contributed by atoms with van der Waals surface area (Å²) in [4.78, 5) is 9.56. The number of piperazine rings is 1. The van der Waals surface area contributed by atoms with Crippen molar-refractivity contribution in [2.45, 2.75) is 6.04 Å². The average molecular weight is 252 g/mol. The molecule has 4 nitrogen and oxygen atoms in total. The zero-order valence-electron chi connectivity index (χ0n) is 10.0. The summed E-state index contributed by atoms with van der Waals surface area (Å²) in [6.07, 6.45) is 0. The zero-order chi connectivity index (χ0) is 12.7. The largest absolute Gasteiger partial charge is 0.341 e. The molecule has 1 fully saturated rings. The molecule has 0 saturated carbocycles. The van der Waals surface area contributed by atoms with Crippen molar-refractivity contribution >= 4 is 11.0 Å². The lowest BCUT2D eigenvalue weighted by atomic mass is 10.2. The van der Waals surface area contributed by atoms with Crippen molar-refractivity contribution in [3.05, 3.63) is 29.6 Å². The fourth-order valence-corrected chi connectivity index (χ4v) is 2.27. The van der Waals surface area contributed by atoms with E-state index in [1.54, 1.807) is 0 Å². The van der Waals surface area contributed by atoms with E-state index in [2.05, 4.69) is 20.2 Å². The molecule has 96 valence electrons. The van der Waals surface area contributed by atoms with Crippen molar-refractivity contribution in [3.63, 3.8) is 0 Å². The molecule has 1 aromatic heterocycles. The number of benzene rings is 1. The van der Waals surface area contributed by atoms with Gasteiger partial charge in [0.15, 0.2) is 11.6 Å². The van der Waals surface area contributed by atoms with Crippen molar-refractivity contribution in [3.8, 4) is 0 Å². The first-order chi connectivity index (χ1) is 8.63. The van der Waals surface area contributed by atoms with E-state index in [0.717, 1.165) is 37.6 Å². The van der Waals surface area contributed by atoms with Gasteiger partial charge in [0, 0.05) is 31.8 Å². The number of likely N-dealkylation sites (N-methyl/N-ethyl adjacent to an activating group) is 1. The maximum atomic E-state index is 13.1. The topological polar surface area (TPSA) is 44.0 Å². The van der Waals surface area contributed by atoms with Gasteiger partial charge in [-0.1, -0.05) is 0 Å². The Bertz CT molecular complexity index is 542. The van der Waals surface area contributed by atoms with Gasteiger partial charge < -0.3 is 15.2 Å². The first kappa shape index (κ1) is 11.6. The maximum Gasteiger partial charge on any atom is 0.161 e. The zero-order valence-corrected chi connectivity index (χ0v) is 10.0. The molecule has 0 aliphatic carbocycles. The Hall–Kier alpha value is -1.53. The monoisotopic (exact) mass is 252 g/mol. The average Bonchev–Trinajstić information content (AvgIpc) is 2.73. The molecule has 1 aliphatic heterocycles. The minimum atomic E-state index is -0.866. The number of aromatic amines is 1. The van der Waals surface area contributed by atoms with Crippen LogP contribution >= 0.6 is 0 Å². The lowest BCUT2D eigenvalue weighted by Crippen LogP contribution is -2.44. The first-order valence-corrected chi connectivity index (χ1v) is 5.90. The van der Waals surface area contributed by atoms with Gasteiger partial charge in [-0.05, 0) is 7.05 Å². The van der Waals surface area contributed by atoms with Gasteiger partial charge in [0.1, 0.15) is 5.82 Å². The third-order valence-electron chi connectivity index (χ3n) is 3.25. The Morgan fingerprint density at radius 3 is 2.89 bits per heavy atom. The van der Waals surface area contributed by atoms with Gasteiger partial charge in [-0.15, -0.1) is 0 Å². The molecule has 1 unspecified atom stereocenters. The second-order valence-electron chi connectivity index (χ2n) is 4.67. The highest BCUT2D eigenvalue weighted by molar-refractivity contribution is 5.75. The minimum absolute atomic E-state index is 0.0715. The van der Waals surface area contributed by atoms with Crippen molar-refractivity contribution < 1.29 is 8.78 Å². The molecule has 1 saturated heterocycles. The summed E-state index contributed by atoms with van der Waals surface area (Å²) in [5.41, 5.74) is 0.984. The molecule has 2 aromatic rings. The molecule has 0 bridgehead atoms. The molecule has 2 heterocycles. The normalized spacial score (nSPS) is 21.6. The molecule has 18 heavy (non-hydrogen) atoms. The number of hydrogen-bond acceptors (Lipinski definition) is 3. The van der Waals surface area contributed by atoms with Crippen LogP contribution in [0.1, 0.15) is 11.9 Å². The number of H-pyrrole nitrogens is 1. The number of aromatic nitrogens is 2. The molecule has 6 heteroatoms. The summed E-state index contributed by atoms with van der Waals surface area (Å²) < 4.78 is 26.2. The Kier molecular flexibility index (Phi) is 2.76. The summed E-state index contributed by atoms with van der Waals surface area (Å²) in [7, 11) is 2.04.